The van der Waals surface area contributed by atoms with Crippen LogP contribution in [0.4, 0.5) is 13.2 Å². The molecule has 0 bridgehead atoms. The number of hydrogen-bond acceptors (Lipinski definition) is 3. The minimum atomic E-state index is -4.36. The molecular formula is C14H18F3NO3S. The number of alkyl halides is 3. The van der Waals surface area contributed by atoms with Crippen LogP contribution in [-0.4, -0.2) is 33.3 Å². The summed E-state index contributed by atoms with van der Waals surface area (Å²) in [5.41, 5.74) is 0. The zero-order valence-electron chi connectivity index (χ0n) is 11.8. The van der Waals surface area contributed by atoms with Gasteiger partial charge in [0, 0.05) is 6.04 Å². The molecule has 1 saturated carbocycles. The lowest BCUT2D eigenvalue weighted by atomic mass is 9.93. The molecule has 0 saturated heterocycles. The predicted octanol–water partition coefficient (Wildman–Crippen LogP) is 2.86. The van der Waals surface area contributed by atoms with Crippen LogP contribution in [0.1, 0.15) is 25.7 Å². The molecule has 2 rings (SSSR count). The summed E-state index contributed by atoms with van der Waals surface area (Å²) in [7, 11) is -3.65. The Kier molecular flexibility index (Phi) is 5.46. The number of ether oxygens (including phenoxy) is 1. The van der Waals surface area contributed by atoms with Crippen LogP contribution in [0.3, 0.4) is 0 Å². The molecule has 0 unspecified atom stereocenters. The van der Waals surface area contributed by atoms with Crippen molar-refractivity contribution in [2.75, 3.05) is 6.61 Å². The normalized spacial score (nSPS) is 23.4. The lowest BCUT2D eigenvalue weighted by molar-refractivity contribution is -0.188. The average Bonchev–Trinajstić information content (AvgIpc) is 2.45. The first-order chi connectivity index (χ1) is 10.3. The Morgan fingerprint density at radius 1 is 1.18 bits per heavy atom. The topological polar surface area (TPSA) is 55.4 Å². The largest absolute Gasteiger partial charge is 0.411 e. The average molecular weight is 337 g/mol. The van der Waals surface area contributed by atoms with Gasteiger partial charge in [0.15, 0.2) is 0 Å². The third-order valence-corrected chi connectivity index (χ3v) is 5.02. The number of hydrogen-bond donors (Lipinski definition) is 1. The number of sulfonamides is 1. The van der Waals surface area contributed by atoms with Crippen molar-refractivity contribution in [3.05, 3.63) is 30.3 Å². The van der Waals surface area contributed by atoms with Crippen LogP contribution < -0.4 is 4.72 Å². The lowest BCUT2D eigenvalue weighted by Gasteiger charge is -2.29. The number of rotatable bonds is 5. The first-order valence-corrected chi connectivity index (χ1v) is 8.50. The van der Waals surface area contributed by atoms with Gasteiger partial charge in [-0.3, -0.25) is 0 Å². The monoisotopic (exact) mass is 337 g/mol. The molecule has 0 spiro atoms. The van der Waals surface area contributed by atoms with E-state index in [0.717, 1.165) is 0 Å². The van der Waals surface area contributed by atoms with E-state index in [2.05, 4.69) is 4.72 Å². The first kappa shape index (κ1) is 17.2. The van der Waals surface area contributed by atoms with Gasteiger partial charge in [-0.05, 0) is 37.8 Å². The van der Waals surface area contributed by atoms with E-state index in [-0.39, 0.29) is 11.3 Å². The molecule has 1 aromatic rings. The molecular weight excluding hydrogens is 319 g/mol. The highest BCUT2D eigenvalue weighted by molar-refractivity contribution is 7.89. The fraction of sp³-hybridized carbons (Fsp3) is 0.571. The molecule has 22 heavy (non-hydrogen) atoms. The SMILES string of the molecule is O=S(=O)(N[C@@H]1CCC[C@@H](OCC(F)(F)F)C1)c1ccccc1. The molecule has 1 aromatic carbocycles. The maximum Gasteiger partial charge on any atom is 0.411 e. The summed E-state index contributed by atoms with van der Waals surface area (Å²) in [4.78, 5) is 0.147. The van der Waals surface area contributed by atoms with E-state index in [1.165, 1.54) is 12.1 Å². The van der Waals surface area contributed by atoms with Gasteiger partial charge in [0.05, 0.1) is 11.0 Å². The van der Waals surface area contributed by atoms with Crippen LogP contribution in [0.5, 0.6) is 0 Å². The smallest absolute Gasteiger partial charge is 0.369 e. The zero-order valence-corrected chi connectivity index (χ0v) is 12.7. The molecule has 1 aliphatic rings. The molecule has 0 radical (unpaired) electrons. The summed E-state index contributed by atoms with van der Waals surface area (Å²) in [6, 6.07) is 7.49. The van der Waals surface area contributed by atoms with Gasteiger partial charge in [0.2, 0.25) is 10.0 Å². The van der Waals surface area contributed by atoms with Crippen molar-refractivity contribution in [2.24, 2.45) is 0 Å². The maximum absolute atomic E-state index is 12.2. The third-order valence-electron chi connectivity index (χ3n) is 3.48. The zero-order chi connectivity index (χ0) is 16.2. The summed E-state index contributed by atoms with van der Waals surface area (Å²) in [6.07, 6.45) is -2.94. The molecule has 2 atom stereocenters. The van der Waals surface area contributed by atoms with Gasteiger partial charge >= 0.3 is 6.18 Å². The van der Waals surface area contributed by atoms with Gasteiger partial charge in [-0.1, -0.05) is 18.2 Å². The van der Waals surface area contributed by atoms with Crippen molar-refractivity contribution in [2.45, 2.75) is 48.9 Å². The van der Waals surface area contributed by atoms with E-state index in [1.807, 2.05) is 0 Å². The molecule has 124 valence electrons. The summed E-state index contributed by atoms with van der Waals surface area (Å²) < 4.78 is 68.3. The third kappa shape index (κ3) is 5.26. The Bertz CT molecular complexity index is 575. The minimum absolute atomic E-state index is 0.147. The molecule has 1 aliphatic carbocycles. The van der Waals surface area contributed by atoms with E-state index in [9.17, 15) is 21.6 Å². The first-order valence-electron chi connectivity index (χ1n) is 7.02. The van der Waals surface area contributed by atoms with Gasteiger partial charge < -0.3 is 4.74 Å². The van der Waals surface area contributed by atoms with Crippen LogP contribution in [0.2, 0.25) is 0 Å². The van der Waals surface area contributed by atoms with Crippen LogP contribution in [0.15, 0.2) is 35.2 Å². The standard InChI is InChI=1S/C14H18F3NO3S/c15-14(16,17)10-21-12-6-4-5-11(9-12)18-22(19,20)13-7-2-1-3-8-13/h1-3,7-8,11-12,18H,4-6,9-10H2/t11-,12-/m1/s1. The molecule has 1 N–H and O–H groups in total. The van der Waals surface area contributed by atoms with Crippen molar-refractivity contribution in [1.82, 2.24) is 4.72 Å². The Labute approximate surface area is 127 Å². The second kappa shape index (κ2) is 6.97. The summed E-state index contributed by atoms with van der Waals surface area (Å²) in [6.45, 7) is -1.30. The number of halogens is 3. The van der Waals surface area contributed by atoms with Gasteiger partial charge in [0.25, 0.3) is 0 Å². The lowest BCUT2D eigenvalue weighted by Crippen LogP contribution is -2.41. The second-order valence-electron chi connectivity index (χ2n) is 5.35. The van der Waals surface area contributed by atoms with Gasteiger partial charge in [-0.15, -0.1) is 0 Å². The minimum Gasteiger partial charge on any atom is -0.369 e. The summed E-state index contributed by atoms with van der Waals surface area (Å²) in [5, 5.41) is 0. The summed E-state index contributed by atoms with van der Waals surface area (Å²) >= 11 is 0. The van der Waals surface area contributed by atoms with E-state index >= 15 is 0 Å². The Morgan fingerprint density at radius 2 is 1.86 bits per heavy atom. The second-order valence-corrected chi connectivity index (χ2v) is 7.06. The van der Waals surface area contributed by atoms with E-state index in [1.54, 1.807) is 18.2 Å². The fourth-order valence-electron chi connectivity index (χ4n) is 2.50. The van der Waals surface area contributed by atoms with Crippen LogP contribution >= 0.6 is 0 Å². The van der Waals surface area contributed by atoms with Crippen molar-refractivity contribution in [1.29, 1.82) is 0 Å². The van der Waals surface area contributed by atoms with Crippen LogP contribution in [0.25, 0.3) is 0 Å². The van der Waals surface area contributed by atoms with Gasteiger partial charge in [0.1, 0.15) is 6.61 Å². The fourth-order valence-corrected chi connectivity index (χ4v) is 3.81. The Hall–Kier alpha value is -1.12. The highest BCUT2D eigenvalue weighted by atomic mass is 32.2. The van der Waals surface area contributed by atoms with Gasteiger partial charge in [-0.25, -0.2) is 13.1 Å². The van der Waals surface area contributed by atoms with E-state index in [0.29, 0.717) is 19.3 Å². The Morgan fingerprint density at radius 3 is 2.50 bits per heavy atom. The van der Waals surface area contributed by atoms with E-state index in [4.69, 9.17) is 4.74 Å². The molecule has 0 aromatic heterocycles. The molecule has 0 heterocycles. The number of nitrogens with one attached hydrogen (secondary N) is 1. The van der Waals surface area contributed by atoms with Crippen molar-refractivity contribution in [3.63, 3.8) is 0 Å². The van der Waals surface area contributed by atoms with Gasteiger partial charge in [-0.2, -0.15) is 13.2 Å². The van der Waals surface area contributed by atoms with Crippen molar-refractivity contribution < 1.29 is 26.3 Å². The van der Waals surface area contributed by atoms with Crippen molar-refractivity contribution in [3.8, 4) is 0 Å². The van der Waals surface area contributed by atoms with Crippen LogP contribution in [-0.2, 0) is 14.8 Å². The molecule has 8 heteroatoms. The Balaban J connectivity index is 1.93. The molecule has 0 amide bonds. The highest BCUT2D eigenvalue weighted by Gasteiger charge is 2.32. The summed E-state index contributed by atoms with van der Waals surface area (Å²) in [5.74, 6) is 0. The quantitative estimate of drug-likeness (QED) is 0.899. The van der Waals surface area contributed by atoms with Crippen LogP contribution in [0, 0.1) is 0 Å². The highest BCUT2D eigenvalue weighted by Crippen LogP contribution is 2.25. The number of benzene rings is 1. The molecule has 1 fully saturated rings. The van der Waals surface area contributed by atoms with E-state index < -0.39 is 35.0 Å². The molecule has 0 aliphatic heterocycles. The predicted molar refractivity (Wildman–Crippen MR) is 74.8 cm³/mol. The maximum atomic E-state index is 12.2. The van der Waals surface area contributed by atoms with Crippen molar-refractivity contribution >= 4 is 10.0 Å². The molecule has 4 nitrogen and oxygen atoms in total.